The van der Waals surface area contributed by atoms with Crippen LogP contribution in [-0.4, -0.2) is 22.0 Å². The number of nitrogens with zero attached hydrogens (tertiary/aromatic N) is 2. The predicted molar refractivity (Wildman–Crippen MR) is 76.6 cm³/mol. The van der Waals surface area contributed by atoms with Gasteiger partial charge in [0.25, 0.3) is 5.56 Å². The molecule has 20 heavy (non-hydrogen) atoms. The summed E-state index contributed by atoms with van der Waals surface area (Å²) in [4.78, 5) is 28.5. The molecule has 0 N–H and O–H groups in total. The largest absolute Gasteiger partial charge is 0.465 e. The van der Waals surface area contributed by atoms with Gasteiger partial charge < -0.3 is 4.74 Å². The molecule has 3 rings (SSSR count). The van der Waals surface area contributed by atoms with Gasteiger partial charge in [0.1, 0.15) is 4.83 Å². The van der Waals surface area contributed by atoms with Crippen molar-refractivity contribution in [1.82, 2.24) is 8.94 Å². The van der Waals surface area contributed by atoms with E-state index in [9.17, 15) is 9.59 Å². The molecule has 6 heteroatoms. The summed E-state index contributed by atoms with van der Waals surface area (Å²) in [5, 5.41) is 0.592. The van der Waals surface area contributed by atoms with Crippen LogP contribution in [0.4, 0.5) is 0 Å². The Labute approximate surface area is 118 Å². The zero-order chi connectivity index (χ0) is 14.1. The number of fused-ring (bicyclic) bond motifs is 1. The molecule has 5 nitrogen and oxygen atoms in total. The molecule has 0 radical (unpaired) electrons. The van der Waals surface area contributed by atoms with E-state index < -0.39 is 5.97 Å². The minimum absolute atomic E-state index is 0.107. The third-order valence-electron chi connectivity index (χ3n) is 2.89. The van der Waals surface area contributed by atoms with Crippen molar-refractivity contribution in [2.24, 2.45) is 0 Å². The van der Waals surface area contributed by atoms with Crippen molar-refractivity contribution in [3.63, 3.8) is 0 Å². The fourth-order valence-corrected chi connectivity index (χ4v) is 2.83. The highest BCUT2D eigenvalue weighted by atomic mass is 32.1. The Bertz CT molecular complexity index is 833. The van der Waals surface area contributed by atoms with Crippen LogP contribution in [0.5, 0.6) is 0 Å². The summed E-state index contributed by atoms with van der Waals surface area (Å²) in [7, 11) is 1.33. The van der Waals surface area contributed by atoms with E-state index in [-0.39, 0.29) is 5.56 Å². The number of benzene rings is 1. The van der Waals surface area contributed by atoms with Gasteiger partial charge in [0, 0.05) is 6.20 Å². The van der Waals surface area contributed by atoms with E-state index in [0.29, 0.717) is 21.5 Å². The molecule has 1 aromatic carbocycles. The van der Waals surface area contributed by atoms with E-state index in [4.69, 9.17) is 0 Å². The Morgan fingerprint density at radius 1 is 1.25 bits per heavy atom. The number of hydrogen-bond acceptors (Lipinski definition) is 5. The first-order valence-electron chi connectivity index (χ1n) is 5.86. The molecule has 2 aromatic heterocycles. The fourth-order valence-electron chi connectivity index (χ4n) is 1.88. The molecule has 0 atom stereocenters. The van der Waals surface area contributed by atoms with Crippen LogP contribution in [0, 0.1) is 0 Å². The number of ether oxygens (including phenoxy) is 1. The van der Waals surface area contributed by atoms with E-state index in [1.165, 1.54) is 18.6 Å². The predicted octanol–water partition coefficient (Wildman–Crippen LogP) is 2.23. The summed E-state index contributed by atoms with van der Waals surface area (Å²) in [5.41, 5.74) is 1.04. The molecule has 0 saturated carbocycles. The Kier molecular flexibility index (Phi) is 3.08. The van der Waals surface area contributed by atoms with E-state index in [1.54, 1.807) is 46.6 Å². The van der Waals surface area contributed by atoms with E-state index >= 15 is 0 Å². The van der Waals surface area contributed by atoms with Gasteiger partial charge in [-0.3, -0.25) is 4.79 Å². The highest BCUT2D eigenvalue weighted by Gasteiger charge is 2.10. The summed E-state index contributed by atoms with van der Waals surface area (Å²) in [5.74, 6) is -0.401. The lowest BCUT2D eigenvalue weighted by Gasteiger charge is -2.02. The Balaban J connectivity index is 2.09. The molecule has 0 saturated heterocycles. The van der Waals surface area contributed by atoms with Crippen LogP contribution in [0.1, 0.15) is 10.4 Å². The average molecular weight is 286 g/mol. The maximum absolute atomic E-state index is 12.2. The second kappa shape index (κ2) is 4.90. The number of carbonyl (C=O) groups excluding carboxylic acids is 1. The molecular formula is C14H10N2O3S. The van der Waals surface area contributed by atoms with Crippen LogP contribution in [0.3, 0.4) is 0 Å². The zero-order valence-corrected chi connectivity index (χ0v) is 11.4. The van der Waals surface area contributed by atoms with Crippen LogP contribution in [0.25, 0.3) is 15.9 Å². The molecule has 0 spiro atoms. The molecule has 3 aromatic rings. The number of rotatable bonds is 2. The minimum Gasteiger partial charge on any atom is -0.465 e. The normalized spacial score (nSPS) is 10.7. The zero-order valence-electron chi connectivity index (χ0n) is 10.6. The van der Waals surface area contributed by atoms with Crippen molar-refractivity contribution in [1.29, 1.82) is 0 Å². The van der Waals surface area contributed by atoms with Crippen LogP contribution in [-0.2, 0) is 4.74 Å². The maximum atomic E-state index is 12.2. The number of esters is 1. The number of methoxy groups -OCH3 is 1. The van der Waals surface area contributed by atoms with E-state index in [1.807, 2.05) is 0 Å². The van der Waals surface area contributed by atoms with Crippen molar-refractivity contribution in [2.75, 3.05) is 7.11 Å². The van der Waals surface area contributed by atoms with Gasteiger partial charge in [-0.2, -0.15) is 0 Å². The van der Waals surface area contributed by atoms with Gasteiger partial charge in [-0.15, -0.1) is 0 Å². The van der Waals surface area contributed by atoms with E-state index in [2.05, 4.69) is 9.72 Å². The van der Waals surface area contributed by atoms with Crippen molar-refractivity contribution >= 4 is 27.7 Å². The smallest absolute Gasteiger partial charge is 0.337 e. The lowest BCUT2D eigenvalue weighted by atomic mass is 10.2. The summed E-state index contributed by atoms with van der Waals surface area (Å²) in [6.45, 7) is 0. The molecule has 0 unspecified atom stereocenters. The van der Waals surface area contributed by atoms with Crippen LogP contribution < -0.4 is 5.56 Å². The number of aromatic nitrogens is 2. The quantitative estimate of drug-likeness (QED) is 0.678. The molecule has 0 aliphatic carbocycles. The molecule has 0 amide bonds. The second-order valence-electron chi connectivity index (χ2n) is 4.09. The summed E-state index contributed by atoms with van der Waals surface area (Å²) in [6, 6.07) is 10.2. The fraction of sp³-hybridized carbons (Fsp3) is 0.0714. The highest BCUT2D eigenvalue weighted by Crippen LogP contribution is 2.18. The first-order chi connectivity index (χ1) is 9.70. The Hall–Kier alpha value is -2.47. The first kappa shape index (κ1) is 12.6. The van der Waals surface area contributed by atoms with Gasteiger partial charge in [0.15, 0.2) is 0 Å². The molecule has 0 aliphatic rings. The molecule has 0 fully saturated rings. The van der Waals surface area contributed by atoms with Crippen molar-refractivity contribution in [3.05, 3.63) is 58.5 Å². The number of pyridine rings is 1. The third-order valence-corrected chi connectivity index (χ3v) is 3.94. The minimum atomic E-state index is -0.401. The topological polar surface area (TPSA) is 61.2 Å². The van der Waals surface area contributed by atoms with Gasteiger partial charge in [-0.1, -0.05) is 0 Å². The molecular weight excluding hydrogens is 276 g/mol. The van der Waals surface area contributed by atoms with Gasteiger partial charge in [-0.05, 0) is 47.9 Å². The van der Waals surface area contributed by atoms with Crippen LogP contribution in [0.15, 0.2) is 47.4 Å². The molecule has 2 heterocycles. The molecule has 0 bridgehead atoms. The van der Waals surface area contributed by atoms with Crippen molar-refractivity contribution in [2.45, 2.75) is 0 Å². The van der Waals surface area contributed by atoms with Crippen LogP contribution >= 0.6 is 11.5 Å². The average Bonchev–Trinajstić information content (AvgIpc) is 2.84. The van der Waals surface area contributed by atoms with E-state index in [0.717, 1.165) is 0 Å². The maximum Gasteiger partial charge on any atom is 0.337 e. The number of hydrogen-bond donors (Lipinski definition) is 0. The standard InChI is InChI=1S/C14H10N2O3S/c1-19-14(18)9-4-6-10(7-5-9)16-13(17)11-3-2-8-15-12(11)20-16/h2-8H,1H3. The monoisotopic (exact) mass is 286 g/mol. The Morgan fingerprint density at radius 2 is 2.00 bits per heavy atom. The lowest BCUT2D eigenvalue weighted by molar-refractivity contribution is 0.0601. The summed E-state index contributed by atoms with van der Waals surface area (Å²) < 4.78 is 6.19. The first-order valence-corrected chi connectivity index (χ1v) is 6.64. The lowest BCUT2D eigenvalue weighted by Crippen LogP contribution is -2.11. The highest BCUT2D eigenvalue weighted by molar-refractivity contribution is 7.13. The van der Waals surface area contributed by atoms with Gasteiger partial charge in [-0.25, -0.2) is 13.7 Å². The summed E-state index contributed by atoms with van der Waals surface area (Å²) in [6.07, 6.45) is 1.66. The molecule has 100 valence electrons. The van der Waals surface area contributed by atoms with Gasteiger partial charge >= 0.3 is 5.97 Å². The second-order valence-corrected chi connectivity index (χ2v) is 5.02. The van der Waals surface area contributed by atoms with Gasteiger partial charge in [0.05, 0.1) is 23.7 Å². The van der Waals surface area contributed by atoms with Gasteiger partial charge in [0.2, 0.25) is 0 Å². The SMILES string of the molecule is COC(=O)c1ccc(-n2sc3ncccc3c2=O)cc1. The van der Waals surface area contributed by atoms with Crippen LogP contribution in [0.2, 0.25) is 0 Å². The van der Waals surface area contributed by atoms with Crippen molar-refractivity contribution < 1.29 is 9.53 Å². The Morgan fingerprint density at radius 3 is 2.65 bits per heavy atom. The summed E-state index contributed by atoms with van der Waals surface area (Å²) >= 11 is 1.27. The number of carbonyl (C=O) groups is 1. The molecule has 0 aliphatic heterocycles. The third kappa shape index (κ3) is 2.00. The van der Waals surface area contributed by atoms with Crippen molar-refractivity contribution in [3.8, 4) is 5.69 Å².